The number of nitrogens with one attached hydrogen (secondary N) is 2. The van der Waals surface area contributed by atoms with E-state index < -0.39 is 0 Å². The second-order valence-electron chi connectivity index (χ2n) is 6.06. The number of nitrogens with zero attached hydrogens (tertiary/aromatic N) is 1. The van der Waals surface area contributed by atoms with Crippen molar-refractivity contribution in [1.29, 1.82) is 0 Å². The molecule has 1 heterocycles. The largest absolute Gasteiger partial charge is 0.335 e. The quantitative estimate of drug-likeness (QED) is 0.870. The van der Waals surface area contributed by atoms with Gasteiger partial charge >= 0.3 is 6.03 Å². The number of hydrogen-bond acceptors (Lipinski definition) is 3. The highest BCUT2D eigenvalue weighted by molar-refractivity contribution is 8.14. The molecule has 1 fully saturated rings. The zero-order valence-electron chi connectivity index (χ0n) is 12.9. The number of amidine groups is 1. The summed E-state index contributed by atoms with van der Waals surface area (Å²) in [6, 6.07) is 10.7. The number of carbonyl (C=O) groups is 1. The highest BCUT2D eigenvalue weighted by atomic mass is 32.2. The lowest BCUT2D eigenvalue weighted by Crippen LogP contribution is -2.44. The van der Waals surface area contributed by atoms with Gasteiger partial charge in [0.15, 0.2) is 5.17 Å². The Balaban J connectivity index is 1.53. The van der Waals surface area contributed by atoms with Gasteiger partial charge in [-0.1, -0.05) is 61.4 Å². The summed E-state index contributed by atoms with van der Waals surface area (Å²) >= 11 is 1.64. The van der Waals surface area contributed by atoms with Crippen LogP contribution in [0.5, 0.6) is 0 Å². The Labute approximate surface area is 136 Å². The first-order valence-corrected chi connectivity index (χ1v) is 8.97. The van der Waals surface area contributed by atoms with Crippen LogP contribution < -0.4 is 10.6 Å². The summed E-state index contributed by atoms with van der Waals surface area (Å²) in [5.41, 5.74) is 1.26. The van der Waals surface area contributed by atoms with Crippen molar-refractivity contribution < 1.29 is 4.79 Å². The van der Waals surface area contributed by atoms with Crippen molar-refractivity contribution in [3.05, 3.63) is 35.9 Å². The van der Waals surface area contributed by atoms with Crippen molar-refractivity contribution in [1.82, 2.24) is 10.6 Å². The molecule has 22 heavy (non-hydrogen) atoms. The predicted octanol–water partition coefficient (Wildman–Crippen LogP) is 3.85. The topological polar surface area (TPSA) is 53.5 Å². The first-order chi connectivity index (χ1) is 10.7. The van der Waals surface area contributed by atoms with E-state index in [-0.39, 0.29) is 17.3 Å². The maximum absolute atomic E-state index is 12.1. The van der Waals surface area contributed by atoms with Crippen LogP contribution in [-0.2, 0) is 0 Å². The van der Waals surface area contributed by atoms with Crippen LogP contribution in [0.15, 0.2) is 35.3 Å². The molecule has 2 atom stereocenters. The molecule has 3 rings (SSSR count). The lowest BCUT2D eigenvalue weighted by atomic mass is 9.96. The van der Waals surface area contributed by atoms with Crippen LogP contribution in [0.1, 0.15) is 49.8 Å². The van der Waals surface area contributed by atoms with E-state index in [9.17, 15) is 4.79 Å². The summed E-state index contributed by atoms with van der Waals surface area (Å²) in [5.74, 6) is 0. The molecule has 0 spiro atoms. The molecular weight excluding hydrogens is 294 g/mol. The van der Waals surface area contributed by atoms with Crippen LogP contribution in [-0.4, -0.2) is 23.3 Å². The third-order valence-corrected chi connectivity index (χ3v) is 5.64. The maximum atomic E-state index is 12.1. The summed E-state index contributed by atoms with van der Waals surface area (Å²) in [6.07, 6.45) is 5.91. The fourth-order valence-electron chi connectivity index (χ4n) is 3.12. The van der Waals surface area contributed by atoms with Gasteiger partial charge in [-0.2, -0.15) is 0 Å². The molecule has 1 aromatic rings. The van der Waals surface area contributed by atoms with Gasteiger partial charge in [0, 0.05) is 6.04 Å². The molecule has 118 valence electrons. The van der Waals surface area contributed by atoms with E-state index in [1.807, 2.05) is 18.2 Å². The molecule has 0 aromatic heterocycles. The minimum atomic E-state index is -0.112. The Morgan fingerprint density at radius 1 is 1.18 bits per heavy atom. The van der Waals surface area contributed by atoms with Crippen molar-refractivity contribution in [2.45, 2.75) is 56.4 Å². The highest BCUT2D eigenvalue weighted by Gasteiger charge is 2.29. The molecule has 1 saturated carbocycles. The highest BCUT2D eigenvalue weighted by Crippen LogP contribution is 2.39. The molecule has 4 nitrogen and oxygen atoms in total. The summed E-state index contributed by atoms with van der Waals surface area (Å²) in [6.45, 7) is 2.10. The normalized spacial score (nSPS) is 25.6. The van der Waals surface area contributed by atoms with E-state index in [1.54, 1.807) is 11.8 Å². The molecule has 2 aliphatic rings. The van der Waals surface area contributed by atoms with E-state index in [0.717, 1.165) is 18.0 Å². The fourth-order valence-corrected chi connectivity index (χ4v) is 4.29. The van der Waals surface area contributed by atoms with Crippen LogP contribution in [0, 0.1) is 0 Å². The monoisotopic (exact) mass is 317 g/mol. The number of benzene rings is 1. The van der Waals surface area contributed by atoms with Crippen LogP contribution in [0.4, 0.5) is 4.79 Å². The summed E-state index contributed by atoms with van der Waals surface area (Å²) < 4.78 is 0. The van der Waals surface area contributed by atoms with Crippen LogP contribution in [0.2, 0.25) is 0 Å². The first-order valence-electron chi connectivity index (χ1n) is 8.09. The van der Waals surface area contributed by atoms with Gasteiger partial charge in [0.25, 0.3) is 0 Å². The van der Waals surface area contributed by atoms with Crippen molar-refractivity contribution in [2.24, 2.45) is 4.99 Å². The number of hydrogen-bond donors (Lipinski definition) is 2. The van der Waals surface area contributed by atoms with E-state index in [2.05, 4.69) is 34.7 Å². The first kappa shape index (κ1) is 15.4. The van der Waals surface area contributed by atoms with Gasteiger partial charge in [-0.25, -0.2) is 4.79 Å². The third kappa shape index (κ3) is 3.83. The minimum absolute atomic E-state index is 0.112. The van der Waals surface area contributed by atoms with Gasteiger partial charge in [0.2, 0.25) is 0 Å². The number of rotatable bonds is 2. The number of aliphatic imine (C=N–C) groups is 1. The number of urea groups is 1. The zero-order valence-corrected chi connectivity index (χ0v) is 13.7. The molecule has 1 aromatic carbocycles. The van der Waals surface area contributed by atoms with Gasteiger partial charge in [-0.3, -0.25) is 10.3 Å². The van der Waals surface area contributed by atoms with Crippen molar-refractivity contribution in [3.8, 4) is 0 Å². The van der Waals surface area contributed by atoms with Crippen LogP contribution in [0.25, 0.3) is 0 Å². The van der Waals surface area contributed by atoms with E-state index in [1.165, 1.54) is 24.8 Å². The number of carbonyl (C=O) groups excluding carboxylic acids is 1. The molecule has 2 amide bonds. The van der Waals surface area contributed by atoms with E-state index >= 15 is 0 Å². The van der Waals surface area contributed by atoms with Gasteiger partial charge in [0.1, 0.15) is 0 Å². The number of amides is 2. The fraction of sp³-hybridized carbons (Fsp3) is 0.529. The molecule has 0 radical (unpaired) electrons. The standard InChI is InChI=1S/C17H23N3OS/c1-12-15(13-8-4-2-5-9-13)22-17(18-12)20-16(21)19-14-10-6-3-7-11-14/h2,4-5,8-9,12,14-15H,3,6-7,10-11H2,1H3,(H2,18,19,20,21). The third-order valence-electron chi connectivity index (χ3n) is 4.29. The summed E-state index contributed by atoms with van der Waals surface area (Å²) in [5, 5.41) is 7.00. The Morgan fingerprint density at radius 2 is 1.91 bits per heavy atom. The lowest BCUT2D eigenvalue weighted by Gasteiger charge is -2.22. The molecular formula is C17H23N3OS. The Hall–Kier alpha value is -1.49. The molecule has 2 N–H and O–H groups in total. The molecule has 2 unspecified atom stereocenters. The average molecular weight is 317 g/mol. The average Bonchev–Trinajstić information content (AvgIpc) is 2.89. The Bertz CT molecular complexity index is 540. The summed E-state index contributed by atoms with van der Waals surface area (Å²) in [7, 11) is 0. The van der Waals surface area contributed by atoms with Gasteiger partial charge < -0.3 is 5.32 Å². The Kier molecular flexibility index (Phi) is 5.03. The zero-order chi connectivity index (χ0) is 15.4. The SMILES string of the molecule is CC1N=C(NC(=O)NC2CCCCC2)SC1c1ccccc1. The molecule has 5 heteroatoms. The second-order valence-corrected chi connectivity index (χ2v) is 7.19. The maximum Gasteiger partial charge on any atom is 0.321 e. The Morgan fingerprint density at radius 3 is 2.64 bits per heavy atom. The predicted molar refractivity (Wildman–Crippen MR) is 92.2 cm³/mol. The van der Waals surface area contributed by atoms with E-state index in [4.69, 9.17) is 0 Å². The molecule has 1 aliphatic carbocycles. The lowest BCUT2D eigenvalue weighted by molar-refractivity contribution is 0.237. The molecule has 1 aliphatic heterocycles. The van der Waals surface area contributed by atoms with Crippen molar-refractivity contribution in [3.63, 3.8) is 0 Å². The van der Waals surface area contributed by atoms with E-state index in [0.29, 0.717) is 6.04 Å². The number of thioether (sulfide) groups is 1. The van der Waals surface area contributed by atoms with Gasteiger partial charge in [-0.05, 0) is 25.3 Å². The smallest absolute Gasteiger partial charge is 0.321 e. The minimum Gasteiger partial charge on any atom is -0.335 e. The van der Waals surface area contributed by atoms with Gasteiger partial charge in [0.05, 0.1) is 11.3 Å². The van der Waals surface area contributed by atoms with Crippen LogP contribution in [0.3, 0.4) is 0 Å². The van der Waals surface area contributed by atoms with Gasteiger partial charge in [-0.15, -0.1) is 0 Å². The van der Waals surface area contributed by atoms with Crippen LogP contribution >= 0.6 is 11.8 Å². The summed E-state index contributed by atoms with van der Waals surface area (Å²) in [4.78, 5) is 16.7. The second kappa shape index (κ2) is 7.18. The van der Waals surface area contributed by atoms with Crippen molar-refractivity contribution in [2.75, 3.05) is 0 Å². The molecule has 0 bridgehead atoms. The molecule has 0 saturated heterocycles. The van der Waals surface area contributed by atoms with Crippen molar-refractivity contribution >= 4 is 23.0 Å².